The minimum atomic E-state index is -0.799. The number of anilines is 1. The molecule has 0 bridgehead atoms. The highest BCUT2D eigenvalue weighted by Crippen LogP contribution is 2.22. The fraction of sp³-hybridized carbons (Fsp3) is 0.714. The molecule has 1 aromatic heterocycles. The quantitative estimate of drug-likeness (QED) is 0.857. The zero-order valence-corrected chi connectivity index (χ0v) is 12.2. The highest BCUT2D eigenvalue weighted by Gasteiger charge is 2.32. The first-order valence-electron chi connectivity index (χ1n) is 7.12. The van der Waals surface area contributed by atoms with Crippen LogP contribution in [0.1, 0.15) is 26.2 Å². The molecule has 0 saturated carbocycles. The average Bonchev–Trinajstić information content (AvgIpc) is 2.41. The minimum absolute atomic E-state index is 0.104. The summed E-state index contributed by atoms with van der Waals surface area (Å²) in [7, 11) is 1.80. The molecule has 1 saturated heterocycles. The van der Waals surface area contributed by atoms with Gasteiger partial charge in [0.15, 0.2) is 5.82 Å². The van der Waals surface area contributed by atoms with Crippen molar-refractivity contribution >= 4 is 5.82 Å². The smallest absolute Gasteiger partial charge is 0.293 e. The van der Waals surface area contributed by atoms with E-state index in [-0.39, 0.29) is 5.56 Å². The molecule has 2 rings (SSSR count). The van der Waals surface area contributed by atoms with Crippen LogP contribution in [0.15, 0.2) is 17.2 Å². The van der Waals surface area contributed by atoms with Crippen molar-refractivity contribution < 1.29 is 9.84 Å². The number of rotatable bonds is 5. The van der Waals surface area contributed by atoms with E-state index in [9.17, 15) is 9.90 Å². The van der Waals surface area contributed by atoms with E-state index in [2.05, 4.69) is 4.98 Å². The lowest BCUT2D eigenvalue weighted by Gasteiger charge is -2.35. The van der Waals surface area contributed by atoms with Crippen molar-refractivity contribution in [3.8, 4) is 0 Å². The molecule has 0 amide bonds. The Labute approximate surface area is 119 Å². The van der Waals surface area contributed by atoms with E-state index in [1.165, 1.54) is 0 Å². The maximum Gasteiger partial charge on any atom is 0.293 e. The average molecular weight is 281 g/mol. The molecule has 6 nitrogen and oxygen atoms in total. The van der Waals surface area contributed by atoms with Crippen molar-refractivity contribution in [3.05, 3.63) is 22.7 Å². The standard InChI is InChI=1S/C14H23N3O3/c1-3-7-17-8-6-15-12(13(17)18)16(2)11-14(19)4-9-20-10-5-14/h6,8,19H,3-5,7,9-11H2,1-2H3. The summed E-state index contributed by atoms with van der Waals surface area (Å²) >= 11 is 0. The van der Waals surface area contributed by atoms with Crippen LogP contribution in [0, 0.1) is 0 Å². The number of ether oxygens (including phenoxy) is 1. The first-order valence-corrected chi connectivity index (χ1v) is 7.12. The lowest BCUT2D eigenvalue weighted by Crippen LogP contribution is -2.47. The molecule has 0 radical (unpaired) electrons. The van der Waals surface area contributed by atoms with Gasteiger partial charge in [-0.2, -0.15) is 0 Å². The minimum Gasteiger partial charge on any atom is -0.388 e. The molecule has 0 unspecified atom stereocenters. The molecule has 112 valence electrons. The van der Waals surface area contributed by atoms with Crippen LogP contribution in [0.2, 0.25) is 0 Å². The Morgan fingerprint density at radius 1 is 1.50 bits per heavy atom. The van der Waals surface area contributed by atoms with Gasteiger partial charge in [-0.1, -0.05) is 6.92 Å². The van der Waals surface area contributed by atoms with Gasteiger partial charge in [-0.05, 0) is 6.42 Å². The number of hydrogen-bond donors (Lipinski definition) is 1. The number of aromatic nitrogens is 2. The molecule has 1 N–H and O–H groups in total. The molecular weight excluding hydrogens is 258 g/mol. The monoisotopic (exact) mass is 281 g/mol. The summed E-state index contributed by atoms with van der Waals surface area (Å²) in [6.45, 7) is 4.23. The Kier molecular flexibility index (Phi) is 4.77. The summed E-state index contributed by atoms with van der Waals surface area (Å²) in [4.78, 5) is 18.2. The molecule has 0 aliphatic carbocycles. The van der Waals surface area contributed by atoms with Crippen molar-refractivity contribution in [2.75, 3.05) is 31.7 Å². The second-order valence-corrected chi connectivity index (χ2v) is 5.44. The van der Waals surface area contributed by atoms with Gasteiger partial charge in [0.05, 0.1) is 5.60 Å². The van der Waals surface area contributed by atoms with Gasteiger partial charge in [0.1, 0.15) is 0 Å². The van der Waals surface area contributed by atoms with E-state index in [0.29, 0.717) is 45.0 Å². The van der Waals surface area contributed by atoms with Crippen LogP contribution < -0.4 is 10.5 Å². The van der Waals surface area contributed by atoms with Gasteiger partial charge >= 0.3 is 0 Å². The van der Waals surface area contributed by atoms with Crippen LogP contribution in [0.3, 0.4) is 0 Å². The van der Waals surface area contributed by atoms with Crippen molar-refractivity contribution in [2.24, 2.45) is 0 Å². The third kappa shape index (κ3) is 3.37. The van der Waals surface area contributed by atoms with Crippen LogP contribution >= 0.6 is 0 Å². The molecule has 2 heterocycles. The molecule has 1 aliphatic heterocycles. The van der Waals surface area contributed by atoms with Gasteiger partial charge < -0.3 is 19.3 Å². The topological polar surface area (TPSA) is 67.6 Å². The summed E-state index contributed by atoms with van der Waals surface area (Å²) < 4.78 is 6.93. The molecule has 6 heteroatoms. The lowest BCUT2D eigenvalue weighted by molar-refractivity contribution is -0.0573. The van der Waals surface area contributed by atoms with E-state index in [1.54, 1.807) is 28.9 Å². The van der Waals surface area contributed by atoms with Gasteiger partial charge in [0.2, 0.25) is 0 Å². The second-order valence-electron chi connectivity index (χ2n) is 5.44. The number of likely N-dealkylation sites (N-methyl/N-ethyl adjacent to an activating group) is 1. The molecule has 0 aromatic carbocycles. The summed E-state index contributed by atoms with van der Waals surface area (Å²) in [6, 6.07) is 0. The fourth-order valence-corrected chi connectivity index (χ4v) is 2.54. The Hall–Kier alpha value is -1.40. The van der Waals surface area contributed by atoms with Gasteiger partial charge in [0.25, 0.3) is 5.56 Å². The van der Waals surface area contributed by atoms with Gasteiger partial charge in [0, 0.05) is 58.6 Å². The summed E-state index contributed by atoms with van der Waals surface area (Å²) in [5, 5.41) is 10.5. The zero-order valence-electron chi connectivity index (χ0n) is 12.2. The predicted octanol–water partition coefficient (Wildman–Crippen LogP) is 0.631. The molecule has 0 atom stereocenters. The maximum absolute atomic E-state index is 12.3. The summed E-state index contributed by atoms with van der Waals surface area (Å²) in [6.07, 6.45) is 5.41. The van der Waals surface area contributed by atoms with Crippen LogP contribution in [-0.4, -0.2) is 47.1 Å². The Balaban J connectivity index is 2.14. The first kappa shape index (κ1) is 15.0. The van der Waals surface area contributed by atoms with Crippen molar-refractivity contribution in [3.63, 3.8) is 0 Å². The van der Waals surface area contributed by atoms with Crippen LogP contribution in [0.4, 0.5) is 5.82 Å². The van der Waals surface area contributed by atoms with Gasteiger partial charge in [-0.3, -0.25) is 4.79 Å². The highest BCUT2D eigenvalue weighted by molar-refractivity contribution is 5.35. The molecule has 0 spiro atoms. The Morgan fingerprint density at radius 3 is 2.85 bits per heavy atom. The SMILES string of the molecule is CCCn1ccnc(N(C)CC2(O)CCOCC2)c1=O. The molecule has 1 fully saturated rings. The third-order valence-electron chi connectivity index (χ3n) is 3.68. The van der Waals surface area contributed by atoms with Crippen molar-refractivity contribution in [1.82, 2.24) is 9.55 Å². The Morgan fingerprint density at radius 2 is 2.20 bits per heavy atom. The Bertz CT molecular complexity index is 495. The number of aryl methyl sites for hydroxylation is 1. The van der Waals surface area contributed by atoms with Crippen LogP contribution in [0.25, 0.3) is 0 Å². The fourth-order valence-electron chi connectivity index (χ4n) is 2.54. The van der Waals surface area contributed by atoms with E-state index < -0.39 is 5.60 Å². The van der Waals surface area contributed by atoms with Gasteiger partial charge in [-0.25, -0.2) is 4.98 Å². The largest absolute Gasteiger partial charge is 0.388 e. The van der Waals surface area contributed by atoms with Crippen molar-refractivity contribution in [1.29, 1.82) is 0 Å². The first-order chi connectivity index (χ1) is 9.56. The number of aliphatic hydroxyl groups is 1. The number of nitrogens with zero attached hydrogens (tertiary/aromatic N) is 3. The van der Waals surface area contributed by atoms with Crippen LogP contribution in [-0.2, 0) is 11.3 Å². The van der Waals surface area contributed by atoms with Gasteiger partial charge in [-0.15, -0.1) is 0 Å². The predicted molar refractivity (Wildman–Crippen MR) is 77.1 cm³/mol. The van der Waals surface area contributed by atoms with E-state index in [4.69, 9.17) is 4.74 Å². The lowest BCUT2D eigenvalue weighted by atomic mass is 9.94. The third-order valence-corrected chi connectivity index (χ3v) is 3.68. The van der Waals surface area contributed by atoms with Crippen molar-refractivity contribution in [2.45, 2.75) is 38.3 Å². The maximum atomic E-state index is 12.3. The molecule has 1 aromatic rings. The zero-order chi connectivity index (χ0) is 14.6. The van der Waals surface area contributed by atoms with E-state index in [0.717, 1.165) is 6.42 Å². The van der Waals surface area contributed by atoms with E-state index >= 15 is 0 Å². The number of hydrogen-bond acceptors (Lipinski definition) is 5. The highest BCUT2D eigenvalue weighted by atomic mass is 16.5. The summed E-state index contributed by atoms with van der Waals surface area (Å²) in [5.74, 6) is 0.390. The van der Waals surface area contributed by atoms with E-state index in [1.807, 2.05) is 6.92 Å². The molecule has 1 aliphatic rings. The normalized spacial score (nSPS) is 17.9. The summed E-state index contributed by atoms with van der Waals surface area (Å²) in [5.41, 5.74) is -0.903. The molecule has 20 heavy (non-hydrogen) atoms. The molecular formula is C14H23N3O3. The van der Waals surface area contributed by atoms with Crippen LogP contribution in [0.5, 0.6) is 0 Å². The second kappa shape index (κ2) is 6.37.